The van der Waals surface area contributed by atoms with E-state index < -0.39 is 286 Å². The van der Waals surface area contributed by atoms with Gasteiger partial charge in [0.15, 0.2) is 5.96 Å². The van der Waals surface area contributed by atoms with E-state index >= 15 is 0 Å². The van der Waals surface area contributed by atoms with Gasteiger partial charge < -0.3 is 144 Å². The lowest BCUT2D eigenvalue weighted by atomic mass is 10.0. The van der Waals surface area contributed by atoms with Crippen molar-refractivity contribution in [2.75, 3.05) is 26.2 Å². The monoisotopic (exact) mass is 1870 g/mol. The number of unbranched alkanes of at least 4 members (excludes halogenated alkanes) is 2. The number of aliphatic carboxylic acids is 4. The Hall–Kier alpha value is -14.5. The SMILES string of the molecule is C[C@H](NC(=O)[C@H](C)NC(=O)[C@@H](NC(=O)[C@H](CCC(=O)O)NC(=O)[C@@H](N)CCCCN)[C@@H](C)O)C(=O)N[C@@H](C)C(=O)N[C@@H](CCCCN)C(=O)N[C@@H](Cc1ccccc1)C(=O)N[C@@H](CCC(=O)O)C(=O)N[C@@H](CCCNC(=N)N)C(=O)N[C@@H](CCC(N)=O)C(=O)N[C@@H](Cc1c[nH]cn1)C(=O)N[C@@H](Cc1ccc(N=Nc2ccccc2)cc1)C(=O)N[C@@H](CC(=O)O)C(=O)N[C@@H](CO)C(=O)O. The second kappa shape index (κ2) is 58.2. The molecule has 1 heterocycles. The smallest absolute Gasteiger partial charge is 0.328 e. The van der Waals surface area contributed by atoms with Crippen LogP contribution >= 0.6 is 0 Å². The second-order valence-electron chi connectivity index (χ2n) is 31.0. The summed E-state index contributed by atoms with van der Waals surface area (Å²) in [6.07, 6.45) is -4.56. The number of carboxylic acid groups (broad SMARTS) is 4. The Morgan fingerprint density at radius 3 is 1.20 bits per heavy atom. The molecule has 0 saturated carbocycles. The number of amides is 15. The van der Waals surface area contributed by atoms with Gasteiger partial charge in [0.1, 0.15) is 84.6 Å². The van der Waals surface area contributed by atoms with Crippen molar-refractivity contribution in [3.05, 3.63) is 114 Å². The third kappa shape index (κ3) is 41.8. The molecule has 133 heavy (non-hydrogen) atoms. The van der Waals surface area contributed by atoms with Crippen molar-refractivity contribution in [1.29, 1.82) is 5.41 Å². The summed E-state index contributed by atoms with van der Waals surface area (Å²) in [5.74, 6) is -23.4. The van der Waals surface area contributed by atoms with E-state index in [4.69, 9.17) is 34.1 Å². The molecule has 33 N–H and O–H groups in total. The van der Waals surface area contributed by atoms with E-state index in [0.29, 0.717) is 42.7 Å². The highest BCUT2D eigenvalue weighted by atomic mass is 16.4. The van der Waals surface area contributed by atoms with E-state index in [2.05, 4.69) is 94.6 Å². The number of aromatic amines is 1. The van der Waals surface area contributed by atoms with Gasteiger partial charge in [-0.3, -0.25) is 91.7 Å². The summed E-state index contributed by atoms with van der Waals surface area (Å²) in [6, 6.07) is -2.90. The molecule has 0 spiro atoms. The molecule has 4 rings (SSSR count). The molecule has 0 fully saturated rings. The number of nitrogens with one attached hydrogen (secondary N) is 17. The van der Waals surface area contributed by atoms with Gasteiger partial charge >= 0.3 is 23.9 Å². The average Bonchev–Trinajstić information content (AvgIpc) is 1.20. The van der Waals surface area contributed by atoms with E-state index in [1.807, 2.05) is 5.32 Å². The summed E-state index contributed by atoms with van der Waals surface area (Å²) in [5.41, 5.74) is 30.0. The summed E-state index contributed by atoms with van der Waals surface area (Å²) >= 11 is 0. The Morgan fingerprint density at radius 2 is 0.767 bits per heavy atom. The Kier molecular flexibility index (Phi) is 48.5. The molecule has 0 aliphatic heterocycles. The molecule has 50 heteroatoms. The van der Waals surface area contributed by atoms with Gasteiger partial charge in [-0.25, -0.2) is 9.78 Å². The quantitative estimate of drug-likeness (QED) is 0.00846. The minimum absolute atomic E-state index is 0.0873. The Morgan fingerprint density at radius 1 is 0.398 bits per heavy atom. The molecule has 0 aliphatic rings. The normalized spacial score (nSPS) is 14.7. The molecule has 15 amide bonds. The number of H-pyrrole nitrogens is 1. The van der Waals surface area contributed by atoms with Gasteiger partial charge in [0.2, 0.25) is 88.6 Å². The third-order valence-corrected chi connectivity index (χ3v) is 20.1. The van der Waals surface area contributed by atoms with Crippen LogP contribution in [0.3, 0.4) is 0 Å². The lowest BCUT2D eigenvalue weighted by molar-refractivity contribution is -0.144. The Labute approximate surface area is 763 Å². The molecule has 4 aromatic rings. The standard InChI is InChI=1S/C83H121N25O25/c1-43(93-69(119)44(2)95-81(131)67(46(4)110)106-76(126)57(29-32-65(114)115)97-71(121)52(86)20-11-13-33-84)68(118)94-45(3)70(120)96-53(21-12-14-34-85)73(123)101-58(36-47-16-7-5-8-17-47)77(127)100-56(28-31-64(112)113)74(124)98-54(22-15-35-91-83(88)89)72(122)99-55(27-30-63(87)111)75(125)103-60(38-51-40-90-42-92-51)79(129)102-59(37-48-23-25-50(26-24-48)108-107-49-18-9-6-10-19-49)78(128)104-61(39-66(116)117)80(130)105-62(41-109)82(132)133/h5-10,16-19,23-26,40,42-46,52-62,67,109-110H,11-15,20-22,27-39,41,84-86H2,1-4H3,(H2,87,111)(H,90,92)(H,93,119)(H,94,118)(H,95,131)(H,96,120)(H,97,121)(H,98,124)(H,99,122)(H,100,127)(H,101,123)(H,102,129)(H,103,125)(H,104,128)(H,105,130)(H,106,126)(H,112,113)(H,114,115)(H,116,117)(H,132,133)(H4,88,89,91)/t43-,44-,45-,46+,52-,53-,54-,55-,56-,57-,58-,59-,60-,61-,62-,67-/m0/s1. The van der Waals surface area contributed by atoms with Gasteiger partial charge in [0.05, 0.1) is 48.6 Å². The molecular formula is C83H121N25O25. The molecular weight excluding hydrogens is 1750 g/mol. The van der Waals surface area contributed by atoms with Crippen molar-refractivity contribution in [3.8, 4) is 0 Å². The van der Waals surface area contributed by atoms with Crippen molar-refractivity contribution in [2.45, 2.75) is 240 Å². The zero-order chi connectivity index (χ0) is 99.0. The topological polar surface area (TPSA) is 834 Å². The first-order valence-electron chi connectivity index (χ1n) is 42.5. The summed E-state index contributed by atoms with van der Waals surface area (Å²) in [5, 5.41) is 111. The van der Waals surface area contributed by atoms with Crippen LogP contribution < -0.4 is 108 Å². The van der Waals surface area contributed by atoms with Crippen molar-refractivity contribution < 1.29 is 122 Å². The molecule has 50 nitrogen and oxygen atoms in total. The first-order valence-corrected chi connectivity index (χ1v) is 42.5. The molecule has 1 aromatic heterocycles. The minimum atomic E-state index is -2.05. The minimum Gasteiger partial charge on any atom is -0.481 e. The maximum atomic E-state index is 14.9. The van der Waals surface area contributed by atoms with E-state index in [1.165, 1.54) is 57.6 Å². The van der Waals surface area contributed by atoms with Crippen molar-refractivity contribution in [3.63, 3.8) is 0 Å². The van der Waals surface area contributed by atoms with Crippen LogP contribution in [0.25, 0.3) is 0 Å². The van der Waals surface area contributed by atoms with Crippen molar-refractivity contribution >= 4 is 130 Å². The first kappa shape index (κ1) is 111. The molecule has 0 saturated heterocycles. The van der Waals surface area contributed by atoms with E-state index in [-0.39, 0.29) is 56.5 Å². The second-order valence-corrected chi connectivity index (χ2v) is 31.0. The lowest BCUT2D eigenvalue weighted by Gasteiger charge is -2.28. The molecule has 16 atom stereocenters. The number of benzene rings is 3. The van der Waals surface area contributed by atoms with Gasteiger partial charge in [-0.1, -0.05) is 67.1 Å². The number of nitrogens with two attached hydrogens (primary N) is 5. The molecule has 3 aromatic carbocycles. The van der Waals surface area contributed by atoms with Crippen molar-refractivity contribution in [1.82, 2.24) is 89.7 Å². The number of hydrogen-bond acceptors (Lipinski definition) is 28. The maximum absolute atomic E-state index is 14.9. The van der Waals surface area contributed by atoms with Gasteiger partial charge in [-0.2, -0.15) is 10.2 Å². The van der Waals surface area contributed by atoms with Crippen LogP contribution in [0.1, 0.15) is 141 Å². The van der Waals surface area contributed by atoms with Crippen LogP contribution in [0, 0.1) is 5.41 Å². The molecule has 0 radical (unpaired) electrons. The fourth-order valence-corrected chi connectivity index (χ4v) is 12.6. The number of aromatic nitrogens is 2. The fourth-order valence-electron chi connectivity index (χ4n) is 12.6. The summed E-state index contributed by atoms with van der Waals surface area (Å²) in [6.45, 7) is 3.84. The number of carbonyl (C=O) groups excluding carboxylic acids is 15. The number of azo groups is 1. The Balaban J connectivity index is 1.63. The number of aliphatic hydroxyl groups excluding tert-OH is 2. The number of carboxylic acids is 4. The third-order valence-electron chi connectivity index (χ3n) is 20.1. The van der Waals surface area contributed by atoms with E-state index in [1.54, 1.807) is 60.7 Å². The highest BCUT2D eigenvalue weighted by Crippen LogP contribution is 2.21. The predicted octanol–water partition coefficient (Wildman–Crippen LogP) is -6.52. The van der Waals surface area contributed by atoms with Gasteiger partial charge in [-0.05, 0) is 140 Å². The highest BCUT2D eigenvalue weighted by molar-refractivity contribution is 6.01. The van der Waals surface area contributed by atoms with Crippen LogP contribution in [0.4, 0.5) is 11.4 Å². The number of primary amides is 1. The number of imidazole rings is 1. The fraction of sp³-hybridized carbons (Fsp3) is 0.506. The maximum Gasteiger partial charge on any atom is 0.328 e. The molecule has 0 aliphatic carbocycles. The number of aliphatic hydroxyl groups is 2. The number of hydrogen-bond donors (Lipinski definition) is 28. The summed E-state index contributed by atoms with van der Waals surface area (Å²) in [7, 11) is 0. The average molecular weight is 1870 g/mol. The van der Waals surface area contributed by atoms with Gasteiger partial charge in [0, 0.05) is 51.3 Å². The van der Waals surface area contributed by atoms with E-state index in [9.17, 15) is 122 Å². The first-order chi connectivity index (χ1) is 63.0. The summed E-state index contributed by atoms with van der Waals surface area (Å²) in [4.78, 5) is 265. The molecule has 0 unspecified atom stereocenters. The highest BCUT2D eigenvalue weighted by Gasteiger charge is 2.39. The van der Waals surface area contributed by atoms with Crippen LogP contribution in [-0.4, -0.2) is 282 Å². The van der Waals surface area contributed by atoms with Crippen LogP contribution in [-0.2, 0) is 110 Å². The Bertz CT molecular complexity index is 4630. The number of carbonyl (C=O) groups is 19. The zero-order valence-electron chi connectivity index (χ0n) is 73.7. The van der Waals surface area contributed by atoms with Gasteiger partial charge in [0.25, 0.3) is 0 Å². The van der Waals surface area contributed by atoms with Crippen LogP contribution in [0.5, 0.6) is 0 Å². The molecule has 0 bridgehead atoms. The zero-order valence-corrected chi connectivity index (χ0v) is 73.7. The van der Waals surface area contributed by atoms with Crippen LogP contribution in [0.2, 0.25) is 0 Å². The summed E-state index contributed by atoms with van der Waals surface area (Å²) < 4.78 is 0. The van der Waals surface area contributed by atoms with Gasteiger partial charge in [-0.15, -0.1) is 0 Å². The lowest BCUT2D eigenvalue weighted by Crippen LogP contribution is -2.61. The van der Waals surface area contributed by atoms with Crippen molar-refractivity contribution in [2.24, 2.45) is 38.9 Å². The van der Waals surface area contributed by atoms with Crippen LogP contribution in [0.15, 0.2) is 108 Å². The predicted molar refractivity (Wildman–Crippen MR) is 471 cm³/mol. The van der Waals surface area contributed by atoms with E-state index in [0.717, 1.165) is 6.92 Å². The molecule has 728 valence electrons. The number of nitrogens with zero attached hydrogens (tertiary/aromatic N) is 3. The number of rotatable bonds is 62. The number of guanidine groups is 1. The largest absolute Gasteiger partial charge is 0.481 e.